The van der Waals surface area contributed by atoms with E-state index in [2.05, 4.69) is 32.1 Å². The highest BCUT2D eigenvalue weighted by atomic mass is 16.5. The van der Waals surface area contributed by atoms with Crippen LogP contribution in [0.25, 0.3) is 0 Å². The minimum absolute atomic E-state index is 0.0523. The summed E-state index contributed by atoms with van der Waals surface area (Å²) in [4.78, 5) is 23.6. The second-order valence-corrected chi connectivity index (χ2v) is 10.2. The van der Waals surface area contributed by atoms with Crippen LogP contribution in [0.4, 0.5) is 0 Å². The van der Waals surface area contributed by atoms with Crippen LogP contribution in [0.1, 0.15) is 73.1 Å². The minimum atomic E-state index is -1.07. The number of esters is 1. The van der Waals surface area contributed by atoms with Gasteiger partial charge in [-0.05, 0) is 69.3 Å². The number of ether oxygens (including phenoxy) is 1. The van der Waals surface area contributed by atoms with Gasteiger partial charge in [-0.1, -0.05) is 39.0 Å². The van der Waals surface area contributed by atoms with E-state index in [1.165, 1.54) is 5.57 Å². The van der Waals surface area contributed by atoms with Gasteiger partial charge in [-0.3, -0.25) is 9.59 Å². The quantitative estimate of drug-likeness (QED) is 0.445. The molecule has 0 radical (unpaired) electrons. The normalized spacial score (nSPS) is 30.2. The maximum Gasteiger partial charge on any atom is 0.311 e. The Morgan fingerprint density at radius 2 is 1.90 bits per heavy atom. The number of fused-ring (bicyclic) bond motifs is 1. The molecular formula is C25H40O6. The number of carbonyl (C=O) groups excluding carboxylic acids is 1. The number of aliphatic hydroxyl groups excluding tert-OH is 2. The summed E-state index contributed by atoms with van der Waals surface area (Å²) in [7, 11) is 0. The van der Waals surface area contributed by atoms with Crippen LogP contribution in [-0.4, -0.2) is 45.6 Å². The third-order valence-electron chi connectivity index (χ3n) is 7.08. The number of allylic oxidation sites excluding steroid dienone is 3. The summed E-state index contributed by atoms with van der Waals surface area (Å²) >= 11 is 0. The van der Waals surface area contributed by atoms with Gasteiger partial charge in [-0.15, -0.1) is 0 Å². The number of carboxylic acids is 1. The van der Waals surface area contributed by atoms with Crippen molar-refractivity contribution < 1.29 is 29.6 Å². The summed E-state index contributed by atoms with van der Waals surface area (Å²) in [6.07, 6.45) is 6.98. The molecule has 0 heterocycles. The maximum atomic E-state index is 12.8. The Bertz CT molecular complexity index is 694. The van der Waals surface area contributed by atoms with Crippen molar-refractivity contribution in [2.45, 2.75) is 91.5 Å². The van der Waals surface area contributed by atoms with E-state index in [1.54, 1.807) is 0 Å². The molecule has 0 amide bonds. The lowest BCUT2D eigenvalue weighted by atomic mass is 9.65. The van der Waals surface area contributed by atoms with Crippen molar-refractivity contribution >= 4 is 11.9 Å². The highest BCUT2D eigenvalue weighted by molar-refractivity contribution is 5.76. The molecule has 0 spiro atoms. The van der Waals surface area contributed by atoms with Crippen molar-refractivity contribution in [2.75, 3.05) is 0 Å². The van der Waals surface area contributed by atoms with Crippen LogP contribution in [0, 0.1) is 29.1 Å². The predicted octanol–water partition coefficient (Wildman–Crippen LogP) is 4.11. The van der Waals surface area contributed by atoms with E-state index in [9.17, 15) is 19.8 Å². The highest BCUT2D eigenvalue weighted by Gasteiger charge is 2.42. The molecule has 0 aromatic carbocycles. The van der Waals surface area contributed by atoms with Gasteiger partial charge in [0, 0.05) is 5.92 Å². The van der Waals surface area contributed by atoms with Gasteiger partial charge in [0.2, 0.25) is 0 Å². The molecule has 0 fully saturated rings. The number of aliphatic hydroxyl groups is 2. The molecule has 0 bridgehead atoms. The zero-order chi connectivity index (χ0) is 23.3. The average Bonchev–Trinajstić information content (AvgIpc) is 2.66. The smallest absolute Gasteiger partial charge is 0.311 e. The van der Waals surface area contributed by atoms with E-state index < -0.39 is 23.6 Å². The number of hydrogen-bond donors (Lipinski definition) is 3. The van der Waals surface area contributed by atoms with Crippen molar-refractivity contribution in [1.29, 1.82) is 0 Å². The Labute approximate surface area is 186 Å². The lowest BCUT2D eigenvalue weighted by Gasteiger charge is -2.44. The van der Waals surface area contributed by atoms with Crippen molar-refractivity contribution in [2.24, 2.45) is 29.1 Å². The molecule has 7 atom stereocenters. The summed E-state index contributed by atoms with van der Waals surface area (Å²) < 4.78 is 6.10. The standard InChI is InChI=1S/C25H40O6/c1-6-25(4,5)24(30)31-21-12-15(2)11-17-8-7-16(3)20(23(17)21)10-9-18(26)13-19(27)14-22(28)29/h7-8,11,15-16,18-21,23,26-27H,6,9-10,12-14H2,1-5H3,(H,28,29)/t15-,16-,18+,19+,20-,21-,23?/m0/s1. The molecule has 0 saturated carbocycles. The summed E-state index contributed by atoms with van der Waals surface area (Å²) in [5.74, 6) is -0.347. The van der Waals surface area contributed by atoms with Gasteiger partial charge in [0.25, 0.3) is 0 Å². The van der Waals surface area contributed by atoms with E-state index in [-0.39, 0.29) is 42.7 Å². The fraction of sp³-hybridized carbons (Fsp3) is 0.760. The fourth-order valence-electron chi connectivity index (χ4n) is 4.76. The zero-order valence-electron chi connectivity index (χ0n) is 19.6. The van der Waals surface area contributed by atoms with Crippen molar-refractivity contribution in [1.82, 2.24) is 0 Å². The first-order valence-electron chi connectivity index (χ1n) is 11.6. The summed E-state index contributed by atoms with van der Waals surface area (Å²) in [5, 5.41) is 29.0. The van der Waals surface area contributed by atoms with Crippen molar-refractivity contribution in [3.05, 3.63) is 23.8 Å². The second kappa shape index (κ2) is 10.8. The van der Waals surface area contributed by atoms with Crippen LogP contribution >= 0.6 is 0 Å². The SMILES string of the molecule is CCC(C)(C)C(=O)O[C@H]1C[C@@H](C)C=C2C=C[C@H](C)[C@H](CC[C@@H](O)C[C@@H](O)CC(=O)O)C21. The number of hydrogen-bond acceptors (Lipinski definition) is 5. The largest absolute Gasteiger partial charge is 0.481 e. The first-order chi connectivity index (χ1) is 14.4. The first-order valence-corrected chi connectivity index (χ1v) is 11.6. The monoisotopic (exact) mass is 436 g/mol. The van der Waals surface area contributed by atoms with E-state index in [4.69, 9.17) is 9.84 Å². The molecule has 3 N–H and O–H groups in total. The fourth-order valence-corrected chi connectivity index (χ4v) is 4.76. The van der Waals surface area contributed by atoms with E-state index in [0.29, 0.717) is 25.2 Å². The van der Waals surface area contributed by atoms with Crippen LogP contribution in [0.5, 0.6) is 0 Å². The zero-order valence-corrected chi connectivity index (χ0v) is 19.6. The van der Waals surface area contributed by atoms with E-state index in [1.807, 2.05) is 20.8 Å². The molecule has 176 valence electrons. The maximum absolute atomic E-state index is 12.8. The molecule has 31 heavy (non-hydrogen) atoms. The third-order valence-corrected chi connectivity index (χ3v) is 7.08. The highest BCUT2D eigenvalue weighted by Crippen LogP contribution is 2.45. The molecule has 6 nitrogen and oxygen atoms in total. The van der Waals surface area contributed by atoms with Gasteiger partial charge >= 0.3 is 11.9 Å². The number of carbonyl (C=O) groups is 2. The molecular weight excluding hydrogens is 396 g/mol. The molecule has 6 heteroatoms. The van der Waals surface area contributed by atoms with Crippen LogP contribution in [0.15, 0.2) is 23.8 Å². The number of aliphatic carboxylic acids is 1. The van der Waals surface area contributed by atoms with Crippen LogP contribution < -0.4 is 0 Å². The topological polar surface area (TPSA) is 104 Å². The van der Waals surface area contributed by atoms with Gasteiger partial charge < -0.3 is 20.1 Å². The molecule has 0 aromatic rings. The lowest BCUT2D eigenvalue weighted by molar-refractivity contribution is -0.164. The Morgan fingerprint density at radius 3 is 2.52 bits per heavy atom. The Hall–Kier alpha value is -1.66. The third kappa shape index (κ3) is 6.91. The molecule has 0 saturated heterocycles. The Kier molecular flexibility index (Phi) is 8.90. The Morgan fingerprint density at radius 1 is 1.23 bits per heavy atom. The second-order valence-electron chi connectivity index (χ2n) is 10.2. The van der Waals surface area contributed by atoms with Crippen molar-refractivity contribution in [3.63, 3.8) is 0 Å². The predicted molar refractivity (Wildman–Crippen MR) is 119 cm³/mol. The first kappa shape index (κ1) is 25.6. The minimum Gasteiger partial charge on any atom is -0.481 e. The van der Waals surface area contributed by atoms with Gasteiger partial charge in [-0.25, -0.2) is 0 Å². The molecule has 0 aliphatic heterocycles. The molecule has 2 rings (SSSR count). The van der Waals surface area contributed by atoms with Gasteiger partial charge in [-0.2, -0.15) is 0 Å². The molecule has 2 aliphatic rings. The van der Waals surface area contributed by atoms with Crippen LogP contribution in [0.3, 0.4) is 0 Å². The molecule has 0 aromatic heterocycles. The van der Waals surface area contributed by atoms with Gasteiger partial charge in [0.15, 0.2) is 0 Å². The Balaban J connectivity index is 2.12. The molecule has 1 unspecified atom stereocenters. The van der Waals surface area contributed by atoms with E-state index in [0.717, 1.165) is 6.42 Å². The molecule has 2 aliphatic carbocycles. The summed E-state index contributed by atoms with van der Waals surface area (Å²) in [6, 6.07) is 0. The summed E-state index contributed by atoms with van der Waals surface area (Å²) in [5.41, 5.74) is 0.682. The average molecular weight is 437 g/mol. The van der Waals surface area contributed by atoms with E-state index >= 15 is 0 Å². The summed E-state index contributed by atoms with van der Waals surface area (Å²) in [6.45, 7) is 10.1. The van der Waals surface area contributed by atoms with Crippen molar-refractivity contribution in [3.8, 4) is 0 Å². The van der Waals surface area contributed by atoms with Gasteiger partial charge in [0.05, 0.1) is 24.0 Å². The van der Waals surface area contributed by atoms with Gasteiger partial charge in [0.1, 0.15) is 6.10 Å². The number of carboxylic acid groups (broad SMARTS) is 1. The van der Waals surface area contributed by atoms with Crippen LogP contribution in [0.2, 0.25) is 0 Å². The number of rotatable bonds is 10. The van der Waals surface area contributed by atoms with Crippen LogP contribution in [-0.2, 0) is 14.3 Å². The lowest BCUT2D eigenvalue weighted by Crippen LogP contribution is -2.43.